The smallest absolute Gasteiger partial charge is 0.414 e. The van der Waals surface area contributed by atoms with E-state index in [1.807, 2.05) is 18.2 Å². The number of anilines is 1. The molecule has 0 saturated carbocycles. The fourth-order valence-corrected chi connectivity index (χ4v) is 5.57. The van der Waals surface area contributed by atoms with Gasteiger partial charge in [0, 0.05) is 10.6 Å². The van der Waals surface area contributed by atoms with E-state index < -0.39 is 13.4 Å². The van der Waals surface area contributed by atoms with E-state index in [1.165, 1.54) is 11.3 Å². The van der Waals surface area contributed by atoms with Crippen LogP contribution in [-0.4, -0.2) is 10.2 Å². The number of benzene rings is 3. The van der Waals surface area contributed by atoms with E-state index >= 15 is 0 Å². The fourth-order valence-electron chi connectivity index (χ4n) is 2.76. The number of nitrogens with zero attached hydrogens (tertiary/aromatic N) is 2. The van der Waals surface area contributed by atoms with Gasteiger partial charge in [0.15, 0.2) is 5.78 Å². The Labute approximate surface area is 183 Å². The molecule has 4 aromatic rings. The first kappa shape index (κ1) is 20.4. The molecule has 0 bridgehead atoms. The molecule has 6 nitrogen and oxygen atoms in total. The molecule has 0 fully saturated rings. The minimum atomic E-state index is -3.92. The molecule has 152 valence electrons. The van der Waals surface area contributed by atoms with Crippen LogP contribution in [0.1, 0.15) is 11.3 Å². The summed E-state index contributed by atoms with van der Waals surface area (Å²) in [6.07, 6.45) is 0. The van der Waals surface area contributed by atoms with Crippen molar-refractivity contribution >= 4 is 35.7 Å². The highest BCUT2D eigenvalue weighted by Crippen LogP contribution is 2.60. The molecule has 0 amide bonds. The summed E-state index contributed by atoms with van der Waals surface area (Å²) < 4.78 is 26.3. The van der Waals surface area contributed by atoms with E-state index in [1.54, 1.807) is 72.2 Å². The maximum absolute atomic E-state index is 14.3. The van der Waals surface area contributed by atoms with E-state index in [-0.39, 0.29) is 0 Å². The Morgan fingerprint density at radius 1 is 0.867 bits per heavy atom. The average molecular weight is 458 g/mol. The van der Waals surface area contributed by atoms with Crippen LogP contribution in [0.2, 0.25) is 5.02 Å². The molecule has 30 heavy (non-hydrogen) atoms. The SMILES string of the molecule is O=P(Oc1ccccc1)(Oc1ccccc1)C(Nc1nncs1)c1ccccc1Cl. The number of hydrogen-bond donors (Lipinski definition) is 1. The largest absolute Gasteiger partial charge is 0.457 e. The van der Waals surface area contributed by atoms with Crippen molar-refractivity contribution in [1.29, 1.82) is 0 Å². The number of hydrogen-bond acceptors (Lipinski definition) is 7. The molecular formula is C21H17ClN3O3PS. The standard InChI is InChI=1S/C21H17ClN3O3PS/c22-19-14-8-7-13-18(19)20(24-21-25-23-15-30-21)29(26,27-16-9-3-1-4-10-16)28-17-11-5-2-6-12-17/h1-15,20H,(H,24,25). The lowest BCUT2D eigenvalue weighted by Gasteiger charge is -2.28. The lowest BCUT2D eigenvalue weighted by atomic mass is 10.2. The van der Waals surface area contributed by atoms with Crippen molar-refractivity contribution in [1.82, 2.24) is 10.2 Å². The zero-order valence-corrected chi connectivity index (χ0v) is 18.1. The maximum Gasteiger partial charge on any atom is 0.457 e. The Bertz CT molecular complexity index is 1090. The van der Waals surface area contributed by atoms with Crippen molar-refractivity contribution in [2.24, 2.45) is 0 Å². The van der Waals surface area contributed by atoms with Crippen molar-refractivity contribution < 1.29 is 13.6 Å². The highest BCUT2D eigenvalue weighted by molar-refractivity contribution is 7.55. The number of nitrogens with one attached hydrogen (secondary N) is 1. The first-order chi connectivity index (χ1) is 14.6. The van der Waals surface area contributed by atoms with Gasteiger partial charge in [-0.25, -0.2) is 4.57 Å². The van der Waals surface area contributed by atoms with Gasteiger partial charge in [-0.2, -0.15) is 0 Å². The van der Waals surface area contributed by atoms with Crippen molar-refractivity contribution in [2.75, 3.05) is 5.32 Å². The summed E-state index contributed by atoms with van der Waals surface area (Å²) in [6, 6.07) is 24.9. The Morgan fingerprint density at radius 2 is 1.43 bits per heavy atom. The zero-order chi connectivity index (χ0) is 20.8. The third-order valence-electron chi connectivity index (χ3n) is 4.09. The van der Waals surface area contributed by atoms with Crippen LogP contribution in [0.5, 0.6) is 11.5 Å². The highest BCUT2D eigenvalue weighted by Gasteiger charge is 2.42. The second kappa shape index (κ2) is 9.30. The van der Waals surface area contributed by atoms with Gasteiger partial charge in [0.1, 0.15) is 17.0 Å². The van der Waals surface area contributed by atoms with Gasteiger partial charge in [-0.05, 0) is 30.3 Å². The molecule has 9 heteroatoms. The molecule has 1 heterocycles. The predicted molar refractivity (Wildman–Crippen MR) is 119 cm³/mol. The first-order valence-corrected chi connectivity index (χ1v) is 11.9. The number of rotatable bonds is 8. The topological polar surface area (TPSA) is 73.3 Å². The summed E-state index contributed by atoms with van der Waals surface area (Å²) in [5, 5.41) is 11.9. The van der Waals surface area contributed by atoms with Gasteiger partial charge in [0.05, 0.1) is 0 Å². The second-order valence-corrected chi connectivity index (χ2v) is 9.36. The summed E-state index contributed by atoms with van der Waals surface area (Å²) in [4.78, 5) is 0. The van der Waals surface area contributed by atoms with Gasteiger partial charge in [-0.1, -0.05) is 77.5 Å². The molecule has 0 saturated heterocycles. The molecule has 4 rings (SSSR count). The monoisotopic (exact) mass is 457 g/mol. The Morgan fingerprint density at radius 3 is 1.97 bits per heavy atom. The first-order valence-electron chi connectivity index (χ1n) is 9.00. The molecule has 0 aliphatic rings. The number of para-hydroxylation sites is 2. The van der Waals surface area contributed by atoms with E-state index in [4.69, 9.17) is 20.6 Å². The van der Waals surface area contributed by atoms with Crippen LogP contribution in [0.3, 0.4) is 0 Å². The van der Waals surface area contributed by atoms with Gasteiger partial charge < -0.3 is 14.4 Å². The molecule has 1 atom stereocenters. The Kier molecular flexibility index (Phi) is 6.33. The van der Waals surface area contributed by atoms with Crippen LogP contribution in [0, 0.1) is 0 Å². The van der Waals surface area contributed by atoms with Gasteiger partial charge in [-0.15, -0.1) is 10.2 Å². The van der Waals surface area contributed by atoms with Crippen molar-refractivity contribution in [3.63, 3.8) is 0 Å². The summed E-state index contributed by atoms with van der Waals surface area (Å²) in [6.45, 7) is 0. The average Bonchev–Trinajstić information content (AvgIpc) is 3.27. The lowest BCUT2D eigenvalue weighted by Crippen LogP contribution is -2.18. The van der Waals surface area contributed by atoms with E-state index in [0.29, 0.717) is 27.2 Å². The molecule has 1 aromatic heterocycles. The van der Waals surface area contributed by atoms with E-state index in [2.05, 4.69) is 15.5 Å². The Hall–Kier alpha value is -2.86. The molecule has 0 spiro atoms. The third kappa shape index (κ3) is 4.82. The predicted octanol–water partition coefficient (Wildman–Crippen LogP) is 6.65. The van der Waals surface area contributed by atoms with E-state index in [9.17, 15) is 4.57 Å². The van der Waals surface area contributed by atoms with Crippen molar-refractivity contribution in [2.45, 2.75) is 5.78 Å². The third-order valence-corrected chi connectivity index (χ3v) is 7.02. The molecule has 3 aromatic carbocycles. The van der Waals surface area contributed by atoms with Crippen LogP contribution in [0.4, 0.5) is 5.13 Å². The second-order valence-electron chi connectivity index (χ2n) is 6.16. The summed E-state index contributed by atoms with van der Waals surface area (Å²) >= 11 is 7.74. The van der Waals surface area contributed by atoms with Crippen LogP contribution >= 0.6 is 30.5 Å². The molecule has 0 aliphatic carbocycles. The zero-order valence-electron chi connectivity index (χ0n) is 15.6. The lowest BCUT2D eigenvalue weighted by molar-refractivity contribution is 0.376. The van der Waals surface area contributed by atoms with Crippen LogP contribution in [0.15, 0.2) is 90.4 Å². The Balaban J connectivity index is 1.81. The minimum absolute atomic E-state index is 0.410. The summed E-state index contributed by atoms with van der Waals surface area (Å²) in [5.74, 6) is -0.111. The molecule has 1 N–H and O–H groups in total. The maximum atomic E-state index is 14.3. The van der Waals surface area contributed by atoms with Crippen LogP contribution in [0.25, 0.3) is 0 Å². The molecule has 0 radical (unpaired) electrons. The summed E-state index contributed by atoms with van der Waals surface area (Å²) in [7, 11) is -3.92. The number of aromatic nitrogens is 2. The molecule has 0 aliphatic heterocycles. The van der Waals surface area contributed by atoms with Gasteiger partial charge in [0.2, 0.25) is 5.13 Å². The van der Waals surface area contributed by atoms with Gasteiger partial charge in [0.25, 0.3) is 0 Å². The van der Waals surface area contributed by atoms with E-state index in [0.717, 1.165) is 0 Å². The van der Waals surface area contributed by atoms with Gasteiger partial charge in [-0.3, -0.25) is 0 Å². The number of halogens is 1. The fraction of sp³-hybridized carbons (Fsp3) is 0.0476. The summed E-state index contributed by atoms with van der Waals surface area (Å²) in [5.41, 5.74) is 2.14. The quantitative estimate of drug-likeness (QED) is 0.298. The van der Waals surface area contributed by atoms with Crippen LogP contribution < -0.4 is 14.4 Å². The molecular weight excluding hydrogens is 441 g/mol. The minimum Gasteiger partial charge on any atom is -0.414 e. The van der Waals surface area contributed by atoms with Crippen molar-refractivity contribution in [3.05, 3.63) is 101 Å². The van der Waals surface area contributed by atoms with Crippen LogP contribution in [-0.2, 0) is 4.57 Å². The normalized spacial score (nSPS) is 12.2. The highest BCUT2D eigenvalue weighted by atomic mass is 35.5. The molecule has 1 unspecified atom stereocenters. The van der Waals surface area contributed by atoms with Gasteiger partial charge >= 0.3 is 7.60 Å². The van der Waals surface area contributed by atoms with Crippen molar-refractivity contribution in [3.8, 4) is 11.5 Å².